The molecular formula is C24H33N2O+. The SMILES string of the molecule is CC(C[C@H]1CC[C@H](C)C[C@@H]1N(C)C(=O)C[n+]1ccccc1)c1ccccc1. The van der Waals surface area contributed by atoms with E-state index in [-0.39, 0.29) is 5.91 Å². The first kappa shape index (κ1) is 19.6. The third kappa shape index (κ3) is 5.18. The standard InChI is InChI=1S/C24H33N2O/c1-19-12-13-22(17-20(2)21-10-6-4-7-11-21)23(16-19)25(3)24(27)18-26-14-8-5-9-15-26/h4-11,14-15,19-20,22-23H,12-13,16-18H2,1-3H3/q+1/t19-,20?,22+,23-/m0/s1. The minimum Gasteiger partial charge on any atom is -0.337 e. The van der Waals surface area contributed by atoms with Gasteiger partial charge in [-0.25, -0.2) is 0 Å². The largest absolute Gasteiger partial charge is 0.337 e. The number of carbonyl (C=O) groups is 1. The van der Waals surface area contributed by atoms with Crippen LogP contribution in [-0.4, -0.2) is 23.9 Å². The van der Waals surface area contributed by atoms with E-state index in [0.717, 1.165) is 12.8 Å². The van der Waals surface area contributed by atoms with E-state index in [4.69, 9.17) is 0 Å². The molecule has 4 atom stereocenters. The zero-order valence-corrected chi connectivity index (χ0v) is 16.9. The number of benzene rings is 1. The highest BCUT2D eigenvalue weighted by molar-refractivity contribution is 5.74. The molecule has 0 N–H and O–H groups in total. The molecule has 0 aliphatic heterocycles. The Hall–Kier alpha value is -2.16. The summed E-state index contributed by atoms with van der Waals surface area (Å²) >= 11 is 0. The van der Waals surface area contributed by atoms with Crippen molar-refractivity contribution in [3.63, 3.8) is 0 Å². The van der Waals surface area contributed by atoms with Gasteiger partial charge in [0, 0.05) is 25.2 Å². The van der Waals surface area contributed by atoms with E-state index in [1.165, 1.54) is 18.4 Å². The number of pyridine rings is 1. The number of likely N-dealkylation sites (N-methyl/N-ethyl adjacent to an activating group) is 1. The molecule has 1 aromatic heterocycles. The molecule has 3 rings (SSSR count). The van der Waals surface area contributed by atoms with Crippen LogP contribution in [0.5, 0.6) is 0 Å². The first-order valence-electron chi connectivity index (χ1n) is 10.3. The number of rotatable bonds is 6. The van der Waals surface area contributed by atoms with E-state index in [2.05, 4.69) is 44.2 Å². The summed E-state index contributed by atoms with van der Waals surface area (Å²) in [4.78, 5) is 15.0. The number of hydrogen-bond acceptors (Lipinski definition) is 1. The molecule has 0 radical (unpaired) electrons. The van der Waals surface area contributed by atoms with Crippen LogP contribution >= 0.6 is 0 Å². The maximum Gasteiger partial charge on any atom is 0.288 e. The second kappa shape index (κ2) is 9.16. The van der Waals surface area contributed by atoms with Crippen molar-refractivity contribution in [2.24, 2.45) is 11.8 Å². The fourth-order valence-electron chi connectivity index (χ4n) is 4.53. The lowest BCUT2D eigenvalue weighted by atomic mass is 9.74. The molecule has 1 amide bonds. The van der Waals surface area contributed by atoms with Crippen LogP contribution in [-0.2, 0) is 11.3 Å². The molecule has 3 heteroatoms. The van der Waals surface area contributed by atoms with Crippen LogP contribution in [0.3, 0.4) is 0 Å². The van der Waals surface area contributed by atoms with Crippen LogP contribution in [0.4, 0.5) is 0 Å². The molecule has 27 heavy (non-hydrogen) atoms. The molecule has 0 spiro atoms. The van der Waals surface area contributed by atoms with Crippen molar-refractivity contribution in [3.05, 3.63) is 66.5 Å². The Morgan fingerprint density at radius 2 is 1.78 bits per heavy atom. The van der Waals surface area contributed by atoms with Crippen molar-refractivity contribution in [3.8, 4) is 0 Å². The molecular weight excluding hydrogens is 332 g/mol. The van der Waals surface area contributed by atoms with Crippen LogP contribution in [0.2, 0.25) is 0 Å². The average Bonchev–Trinajstić information content (AvgIpc) is 2.70. The van der Waals surface area contributed by atoms with E-state index >= 15 is 0 Å². The normalized spacial score (nSPS) is 23.6. The number of nitrogens with zero attached hydrogens (tertiary/aromatic N) is 2. The predicted octanol–water partition coefficient (Wildman–Crippen LogP) is 4.43. The Balaban J connectivity index is 1.68. The summed E-state index contributed by atoms with van der Waals surface area (Å²) in [5.74, 6) is 2.01. The van der Waals surface area contributed by atoms with Gasteiger partial charge in [0.1, 0.15) is 0 Å². The van der Waals surface area contributed by atoms with E-state index in [9.17, 15) is 4.79 Å². The molecule has 1 aromatic carbocycles. The van der Waals surface area contributed by atoms with Crippen molar-refractivity contribution in [1.29, 1.82) is 0 Å². The summed E-state index contributed by atoms with van der Waals surface area (Å²) in [5.41, 5.74) is 1.41. The topological polar surface area (TPSA) is 24.2 Å². The van der Waals surface area contributed by atoms with Crippen LogP contribution < -0.4 is 4.57 Å². The lowest BCUT2D eigenvalue weighted by Crippen LogP contribution is -2.50. The molecule has 1 unspecified atom stereocenters. The van der Waals surface area contributed by atoms with Gasteiger partial charge in [0.2, 0.25) is 6.54 Å². The van der Waals surface area contributed by atoms with Crippen LogP contribution in [0.25, 0.3) is 0 Å². The maximum atomic E-state index is 12.9. The lowest BCUT2D eigenvalue weighted by Gasteiger charge is -2.41. The van der Waals surface area contributed by atoms with Gasteiger partial charge >= 0.3 is 0 Å². The van der Waals surface area contributed by atoms with Gasteiger partial charge in [0.25, 0.3) is 5.91 Å². The Labute approximate surface area is 164 Å². The highest BCUT2D eigenvalue weighted by Crippen LogP contribution is 2.37. The number of hydrogen-bond donors (Lipinski definition) is 0. The summed E-state index contributed by atoms with van der Waals surface area (Å²) in [6.07, 6.45) is 8.69. The summed E-state index contributed by atoms with van der Waals surface area (Å²) < 4.78 is 1.96. The lowest BCUT2D eigenvalue weighted by molar-refractivity contribution is -0.685. The molecule has 1 saturated carbocycles. The van der Waals surface area contributed by atoms with Crippen LogP contribution in [0, 0.1) is 11.8 Å². The Bertz CT molecular complexity index is 716. The molecule has 0 saturated heterocycles. The Kier molecular flexibility index (Phi) is 6.65. The van der Waals surface area contributed by atoms with Gasteiger partial charge in [-0.2, -0.15) is 4.57 Å². The second-order valence-electron chi connectivity index (χ2n) is 8.35. The minimum absolute atomic E-state index is 0.211. The fraction of sp³-hybridized carbons (Fsp3) is 0.500. The van der Waals surface area contributed by atoms with E-state index in [1.54, 1.807) is 0 Å². The quantitative estimate of drug-likeness (QED) is 0.695. The Morgan fingerprint density at radius 3 is 2.48 bits per heavy atom. The van der Waals surface area contributed by atoms with Gasteiger partial charge in [-0.05, 0) is 42.6 Å². The third-order valence-corrected chi connectivity index (χ3v) is 6.23. The van der Waals surface area contributed by atoms with Crippen molar-refractivity contribution in [1.82, 2.24) is 4.90 Å². The fourth-order valence-corrected chi connectivity index (χ4v) is 4.53. The van der Waals surface area contributed by atoms with Crippen molar-refractivity contribution in [2.75, 3.05) is 7.05 Å². The number of amides is 1. The monoisotopic (exact) mass is 365 g/mol. The molecule has 1 fully saturated rings. The molecule has 2 aromatic rings. The predicted molar refractivity (Wildman–Crippen MR) is 109 cm³/mol. The molecule has 144 valence electrons. The Morgan fingerprint density at radius 1 is 1.11 bits per heavy atom. The van der Waals surface area contributed by atoms with Gasteiger partial charge in [-0.3, -0.25) is 4.79 Å². The minimum atomic E-state index is 0.211. The molecule has 1 heterocycles. The van der Waals surface area contributed by atoms with E-state index in [0.29, 0.717) is 30.3 Å². The van der Waals surface area contributed by atoms with Crippen LogP contribution in [0.1, 0.15) is 51.0 Å². The summed E-state index contributed by atoms with van der Waals surface area (Å²) in [6.45, 7) is 5.07. The van der Waals surface area contributed by atoms with Crippen LogP contribution in [0.15, 0.2) is 60.9 Å². The molecule has 1 aliphatic carbocycles. The smallest absolute Gasteiger partial charge is 0.288 e. The summed E-state index contributed by atoms with van der Waals surface area (Å²) in [7, 11) is 2.01. The van der Waals surface area contributed by atoms with Gasteiger partial charge in [-0.1, -0.05) is 56.7 Å². The summed E-state index contributed by atoms with van der Waals surface area (Å²) in [5, 5.41) is 0. The van der Waals surface area contributed by atoms with Crippen molar-refractivity contribution in [2.45, 2.75) is 58.0 Å². The first-order chi connectivity index (χ1) is 13.0. The van der Waals surface area contributed by atoms with E-state index < -0.39 is 0 Å². The molecule has 3 nitrogen and oxygen atoms in total. The van der Waals surface area contributed by atoms with Gasteiger partial charge in [0.05, 0.1) is 0 Å². The van der Waals surface area contributed by atoms with Crippen molar-refractivity contribution >= 4 is 5.91 Å². The molecule has 1 aliphatic rings. The maximum absolute atomic E-state index is 12.9. The average molecular weight is 366 g/mol. The summed E-state index contributed by atoms with van der Waals surface area (Å²) in [6, 6.07) is 17.1. The van der Waals surface area contributed by atoms with Gasteiger partial charge < -0.3 is 4.90 Å². The zero-order valence-electron chi connectivity index (χ0n) is 16.9. The van der Waals surface area contributed by atoms with Gasteiger partial charge in [0.15, 0.2) is 12.4 Å². The number of aromatic nitrogens is 1. The second-order valence-corrected chi connectivity index (χ2v) is 8.35. The van der Waals surface area contributed by atoms with Gasteiger partial charge in [-0.15, -0.1) is 0 Å². The van der Waals surface area contributed by atoms with E-state index in [1.807, 2.05) is 47.1 Å². The highest BCUT2D eigenvalue weighted by atomic mass is 16.2. The highest BCUT2D eigenvalue weighted by Gasteiger charge is 2.35. The number of carbonyl (C=O) groups excluding carboxylic acids is 1. The zero-order chi connectivity index (χ0) is 19.2. The third-order valence-electron chi connectivity index (χ3n) is 6.23. The first-order valence-corrected chi connectivity index (χ1v) is 10.3. The molecule has 0 bridgehead atoms. The van der Waals surface area contributed by atoms with Crippen molar-refractivity contribution < 1.29 is 9.36 Å².